The summed E-state index contributed by atoms with van der Waals surface area (Å²) in [7, 11) is 0. The van der Waals surface area contributed by atoms with Crippen molar-refractivity contribution in [3.05, 3.63) is 42.2 Å². The molecule has 0 unspecified atom stereocenters. The van der Waals surface area contributed by atoms with Crippen LogP contribution in [-0.4, -0.2) is 42.4 Å². The van der Waals surface area contributed by atoms with E-state index in [4.69, 9.17) is 4.42 Å². The van der Waals surface area contributed by atoms with Gasteiger partial charge in [0.2, 0.25) is 0 Å². The number of piperazine rings is 1. The van der Waals surface area contributed by atoms with E-state index >= 15 is 0 Å². The minimum absolute atomic E-state index is 0.0974. The minimum Gasteiger partial charge on any atom is -0.464 e. The Morgan fingerprint density at radius 2 is 2.18 bits per heavy atom. The second kappa shape index (κ2) is 4.99. The maximum atomic E-state index is 12.8. The van der Waals surface area contributed by atoms with Gasteiger partial charge in [0, 0.05) is 5.56 Å². The second-order valence-corrected chi connectivity index (χ2v) is 5.55. The zero-order chi connectivity index (χ0) is 15.1. The third-order valence-electron chi connectivity index (χ3n) is 4.22. The van der Waals surface area contributed by atoms with Crippen molar-refractivity contribution in [1.82, 2.24) is 4.90 Å². The molecule has 2 aliphatic rings. The lowest BCUT2D eigenvalue weighted by Gasteiger charge is -2.30. The van der Waals surface area contributed by atoms with Crippen molar-refractivity contribution in [3.63, 3.8) is 0 Å². The van der Waals surface area contributed by atoms with Crippen molar-refractivity contribution in [2.75, 3.05) is 25.0 Å². The van der Waals surface area contributed by atoms with Crippen molar-refractivity contribution in [2.24, 2.45) is 0 Å². The van der Waals surface area contributed by atoms with E-state index < -0.39 is 6.04 Å². The van der Waals surface area contributed by atoms with Crippen LogP contribution in [0.15, 0.2) is 41.0 Å². The second-order valence-electron chi connectivity index (χ2n) is 5.55. The van der Waals surface area contributed by atoms with E-state index in [9.17, 15) is 9.59 Å². The zero-order valence-electron chi connectivity index (χ0n) is 11.9. The number of benzene rings is 1. The Hall–Kier alpha value is -2.60. The molecule has 3 heterocycles. The fourth-order valence-corrected chi connectivity index (χ4v) is 3.08. The Morgan fingerprint density at radius 1 is 1.27 bits per heavy atom. The summed E-state index contributed by atoms with van der Waals surface area (Å²) in [6.45, 7) is 2.01. The molecule has 22 heavy (non-hydrogen) atoms. The highest BCUT2D eigenvalue weighted by molar-refractivity contribution is 6.10. The summed E-state index contributed by atoms with van der Waals surface area (Å²) >= 11 is 0. The minimum atomic E-state index is -0.402. The summed E-state index contributed by atoms with van der Waals surface area (Å²) in [5.74, 6) is 0.489. The van der Waals surface area contributed by atoms with Crippen molar-refractivity contribution in [2.45, 2.75) is 6.04 Å². The SMILES string of the molecule is O=C1Nc2ccc(-c3ccco3)cc2C(=O)N2CC[NH2+]C[C@@H]12. The number of hydrogen-bond acceptors (Lipinski definition) is 3. The molecule has 0 aliphatic carbocycles. The summed E-state index contributed by atoms with van der Waals surface area (Å²) in [5.41, 5.74) is 1.92. The lowest BCUT2D eigenvalue weighted by molar-refractivity contribution is -0.665. The van der Waals surface area contributed by atoms with Crippen molar-refractivity contribution < 1.29 is 19.3 Å². The maximum absolute atomic E-state index is 12.8. The zero-order valence-corrected chi connectivity index (χ0v) is 11.9. The van der Waals surface area contributed by atoms with E-state index in [0.717, 1.165) is 12.1 Å². The molecule has 2 aromatic rings. The van der Waals surface area contributed by atoms with Crippen LogP contribution >= 0.6 is 0 Å². The van der Waals surface area contributed by atoms with E-state index in [-0.39, 0.29) is 11.8 Å². The molecule has 3 N–H and O–H groups in total. The van der Waals surface area contributed by atoms with Crippen LogP contribution < -0.4 is 10.6 Å². The van der Waals surface area contributed by atoms with Crippen LogP contribution in [0.4, 0.5) is 5.69 Å². The molecule has 1 aromatic heterocycles. The number of carbonyl (C=O) groups excluding carboxylic acids is 2. The van der Waals surface area contributed by atoms with Gasteiger partial charge in [0.05, 0.1) is 30.6 Å². The summed E-state index contributed by atoms with van der Waals surface area (Å²) < 4.78 is 5.39. The molecule has 0 saturated carbocycles. The number of quaternary nitrogens is 1. The topological polar surface area (TPSA) is 79.2 Å². The molecule has 2 aliphatic heterocycles. The van der Waals surface area contributed by atoms with Gasteiger partial charge in [0.1, 0.15) is 12.3 Å². The molecule has 1 saturated heterocycles. The van der Waals surface area contributed by atoms with E-state index in [1.54, 1.807) is 29.4 Å². The Balaban J connectivity index is 1.80. The smallest absolute Gasteiger partial charge is 0.257 e. The predicted molar refractivity (Wildman–Crippen MR) is 79.3 cm³/mol. The first-order chi connectivity index (χ1) is 10.7. The van der Waals surface area contributed by atoms with E-state index in [1.165, 1.54) is 0 Å². The lowest BCUT2D eigenvalue weighted by atomic mass is 10.1. The molecule has 2 amide bonds. The van der Waals surface area contributed by atoms with Crippen LogP contribution in [0.5, 0.6) is 0 Å². The van der Waals surface area contributed by atoms with Crippen molar-refractivity contribution >= 4 is 17.5 Å². The highest BCUT2D eigenvalue weighted by Gasteiger charge is 2.38. The molecule has 0 bridgehead atoms. The van der Waals surface area contributed by atoms with Gasteiger partial charge in [0.25, 0.3) is 11.8 Å². The molecule has 4 rings (SSSR count). The first-order valence-electron chi connectivity index (χ1n) is 7.35. The van der Waals surface area contributed by atoms with Crippen LogP contribution in [-0.2, 0) is 4.79 Å². The first-order valence-corrected chi connectivity index (χ1v) is 7.35. The molecule has 1 atom stereocenters. The van der Waals surface area contributed by atoms with Gasteiger partial charge in [-0.2, -0.15) is 0 Å². The normalized spacial score (nSPS) is 20.9. The lowest BCUT2D eigenvalue weighted by Crippen LogP contribution is -2.92. The molecular formula is C16H16N3O3+. The van der Waals surface area contributed by atoms with Crippen LogP contribution in [0.3, 0.4) is 0 Å². The molecule has 112 valence electrons. The fraction of sp³-hybridized carbons (Fsp3) is 0.250. The highest BCUT2D eigenvalue weighted by atomic mass is 16.3. The van der Waals surface area contributed by atoms with Crippen molar-refractivity contribution in [3.8, 4) is 11.3 Å². The molecule has 0 spiro atoms. The Morgan fingerprint density at radius 3 is 3.00 bits per heavy atom. The predicted octanol–water partition coefficient (Wildman–Crippen LogP) is 0.286. The van der Waals surface area contributed by atoms with Crippen molar-refractivity contribution in [1.29, 1.82) is 0 Å². The molecule has 6 heteroatoms. The maximum Gasteiger partial charge on any atom is 0.257 e. The van der Waals surface area contributed by atoms with Crippen LogP contribution in [0.2, 0.25) is 0 Å². The van der Waals surface area contributed by atoms with Gasteiger partial charge in [0.15, 0.2) is 6.04 Å². The summed E-state index contributed by atoms with van der Waals surface area (Å²) in [4.78, 5) is 26.8. The Kier molecular flexibility index (Phi) is 2.97. The number of carbonyl (C=O) groups is 2. The van der Waals surface area contributed by atoms with Gasteiger partial charge in [-0.25, -0.2) is 0 Å². The summed E-state index contributed by atoms with van der Waals surface area (Å²) in [5, 5.41) is 4.94. The Labute approximate surface area is 127 Å². The number of nitrogens with one attached hydrogen (secondary N) is 1. The first kappa shape index (κ1) is 13.1. The quantitative estimate of drug-likeness (QED) is 0.794. The van der Waals surface area contributed by atoms with E-state index in [1.807, 2.05) is 12.1 Å². The third-order valence-corrected chi connectivity index (χ3v) is 4.22. The van der Waals surface area contributed by atoms with Gasteiger partial charge in [-0.05, 0) is 30.3 Å². The van der Waals surface area contributed by atoms with Crippen LogP contribution in [0.1, 0.15) is 10.4 Å². The summed E-state index contributed by atoms with van der Waals surface area (Å²) in [6, 6.07) is 8.66. The number of anilines is 1. The van der Waals surface area contributed by atoms with E-state index in [2.05, 4.69) is 10.6 Å². The molecule has 1 fully saturated rings. The average molecular weight is 298 g/mol. The third kappa shape index (κ3) is 2.00. The number of rotatable bonds is 1. The van der Waals surface area contributed by atoms with Gasteiger partial charge in [-0.3, -0.25) is 9.59 Å². The van der Waals surface area contributed by atoms with Crippen LogP contribution in [0, 0.1) is 0 Å². The number of hydrogen-bond donors (Lipinski definition) is 2. The largest absolute Gasteiger partial charge is 0.464 e. The van der Waals surface area contributed by atoms with Gasteiger partial charge in [-0.15, -0.1) is 0 Å². The van der Waals surface area contributed by atoms with E-state index in [0.29, 0.717) is 30.1 Å². The number of amides is 2. The number of nitrogens with two attached hydrogens (primary N) is 1. The Bertz CT molecular complexity index is 739. The van der Waals surface area contributed by atoms with Crippen LogP contribution in [0.25, 0.3) is 11.3 Å². The van der Waals surface area contributed by atoms with Gasteiger partial charge >= 0.3 is 0 Å². The molecular weight excluding hydrogens is 282 g/mol. The van der Waals surface area contributed by atoms with Gasteiger partial charge < -0.3 is 20.0 Å². The highest BCUT2D eigenvalue weighted by Crippen LogP contribution is 2.29. The van der Waals surface area contributed by atoms with Gasteiger partial charge in [-0.1, -0.05) is 0 Å². The molecule has 0 radical (unpaired) electrons. The standard InChI is InChI=1S/C16H15N3O3/c20-15-13-9-17-5-6-19(13)16(21)11-8-10(3-4-12(11)18-15)14-2-1-7-22-14/h1-4,7-8,13,17H,5-6,9H2,(H,18,20)/p+1/t13-/m0/s1. The molecule has 1 aromatic carbocycles. The number of nitrogens with zero attached hydrogens (tertiary/aromatic N) is 1. The average Bonchev–Trinajstić information content (AvgIpc) is 3.06. The molecule has 6 nitrogen and oxygen atoms in total. The number of fused-ring (bicyclic) bond motifs is 2. The summed E-state index contributed by atoms with van der Waals surface area (Å²) in [6.07, 6.45) is 1.60. The monoisotopic (exact) mass is 298 g/mol. The number of furan rings is 1. The fourth-order valence-electron chi connectivity index (χ4n) is 3.08.